The van der Waals surface area contributed by atoms with Crippen LogP contribution in [0.5, 0.6) is 0 Å². The molecule has 0 spiro atoms. The number of benzene rings is 3. The maximum atomic E-state index is 6.36. The summed E-state index contributed by atoms with van der Waals surface area (Å²) < 4.78 is 0. The van der Waals surface area contributed by atoms with Crippen molar-refractivity contribution in [2.24, 2.45) is 9.98 Å². The van der Waals surface area contributed by atoms with E-state index in [1.807, 2.05) is 61.5 Å². The van der Waals surface area contributed by atoms with E-state index in [2.05, 4.69) is 48.3 Å². The minimum atomic E-state index is -0.235. The van der Waals surface area contributed by atoms with Crippen LogP contribution in [-0.4, -0.2) is 48.7 Å². The number of nitrogens with zero attached hydrogens (tertiary/aromatic N) is 4. The predicted octanol–water partition coefficient (Wildman–Crippen LogP) is 5.24. The molecule has 0 amide bonds. The second-order valence-electron chi connectivity index (χ2n) is 7.64. The third kappa shape index (κ3) is 4.30. The van der Waals surface area contributed by atoms with Crippen molar-refractivity contribution >= 4 is 28.8 Å². The van der Waals surface area contributed by atoms with Crippen molar-refractivity contribution in [3.63, 3.8) is 0 Å². The van der Waals surface area contributed by atoms with Crippen molar-refractivity contribution in [3.05, 3.63) is 101 Å². The number of amidine groups is 1. The largest absolute Gasteiger partial charge is 0.363 e. The number of aliphatic imine (C=N–C) groups is 2. The topological polar surface area (TPSA) is 31.2 Å². The molecule has 1 aliphatic rings. The maximum absolute atomic E-state index is 6.36. The quantitative estimate of drug-likeness (QED) is 0.582. The summed E-state index contributed by atoms with van der Waals surface area (Å²) in [5, 5.41) is 0.676. The minimum absolute atomic E-state index is 0.235. The van der Waals surface area contributed by atoms with E-state index in [1.165, 1.54) is 5.56 Å². The monoisotopic (exact) mass is 416 g/mol. The van der Waals surface area contributed by atoms with Crippen molar-refractivity contribution in [2.45, 2.75) is 12.7 Å². The number of hydrogen-bond donors (Lipinski definition) is 0. The standard InChI is InChI=1S/C25H25ClN4/c1-29(2)24-25(30(3)17-18-10-6-4-7-11-18)28-23(19-12-8-5-9-13-19)21-16-20(26)14-15-22(21)27-24/h4-16,25H,17H2,1-3H3. The van der Waals surface area contributed by atoms with Gasteiger partial charge in [-0.25, -0.2) is 4.99 Å². The van der Waals surface area contributed by atoms with Gasteiger partial charge in [-0.3, -0.25) is 9.89 Å². The Balaban J connectivity index is 1.86. The summed E-state index contributed by atoms with van der Waals surface area (Å²) >= 11 is 6.36. The summed E-state index contributed by atoms with van der Waals surface area (Å²) in [4.78, 5) is 14.5. The summed E-state index contributed by atoms with van der Waals surface area (Å²) in [5.74, 6) is 0.892. The molecule has 0 bridgehead atoms. The molecule has 1 aliphatic heterocycles. The summed E-state index contributed by atoms with van der Waals surface area (Å²) in [7, 11) is 6.12. The summed E-state index contributed by atoms with van der Waals surface area (Å²) in [6.07, 6.45) is -0.235. The molecule has 4 rings (SSSR count). The van der Waals surface area contributed by atoms with Gasteiger partial charge in [0.05, 0.1) is 11.4 Å². The second kappa shape index (κ2) is 8.82. The summed E-state index contributed by atoms with van der Waals surface area (Å²) in [6, 6.07) is 26.5. The van der Waals surface area contributed by atoms with Gasteiger partial charge in [-0.1, -0.05) is 72.3 Å². The Kier molecular flexibility index (Phi) is 5.98. The third-order valence-corrected chi connectivity index (χ3v) is 5.36. The number of likely N-dealkylation sites (N-methyl/N-ethyl adjacent to an activating group) is 2. The van der Waals surface area contributed by atoms with Gasteiger partial charge >= 0.3 is 0 Å². The molecule has 0 aromatic heterocycles. The molecule has 3 aromatic carbocycles. The number of halogens is 1. The van der Waals surface area contributed by atoms with E-state index in [0.29, 0.717) is 5.02 Å². The Hall–Kier alpha value is -2.95. The van der Waals surface area contributed by atoms with E-state index in [-0.39, 0.29) is 6.17 Å². The fraction of sp³-hybridized carbons (Fsp3) is 0.200. The van der Waals surface area contributed by atoms with E-state index in [9.17, 15) is 0 Å². The Morgan fingerprint density at radius 1 is 0.867 bits per heavy atom. The van der Waals surface area contributed by atoms with E-state index < -0.39 is 0 Å². The molecule has 1 atom stereocenters. The van der Waals surface area contributed by atoms with Gasteiger partial charge in [0, 0.05) is 36.8 Å². The molecule has 0 aliphatic carbocycles. The van der Waals surface area contributed by atoms with Crippen molar-refractivity contribution < 1.29 is 0 Å². The Labute approximate surface area is 183 Å². The van der Waals surface area contributed by atoms with Crippen molar-refractivity contribution in [3.8, 4) is 0 Å². The number of hydrogen-bond acceptors (Lipinski definition) is 4. The van der Waals surface area contributed by atoms with Crippen LogP contribution in [0.25, 0.3) is 0 Å². The lowest BCUT2D eigenvalue weighted by atomic mass is 10.0. The molecule has 152 valence electrons. The van der Waals surface area contributed by atoms with Gasteiger partial charge < -0.3 is 4.90 Å². The first-order chi connectivity index (χ1) is 14.5. The normalized spacial score (nSPS) is 15.8. The molecule has 0 saturated carbocycles. The average molecular weight is 417 g/mol. The van der Waals surface area contributed by atoms with E-state index >= 15 is 0 Å². The van der Waals surface area contributed by atoms with Gasteiger partial charge in [-0.15, -0.1) is 0 Å². The van der Waals surface area contributed by atoms with Crippen LogP contribution in [0.2, 0.25) is 5.02 Å². The lowest BCUT2D eigenvalue weighted by Gasteiger charge is -2.29. The fourth-order valence-electron chi connectivity index (χ4n) is 3.64. The Morgan fingerprint density at radius 2 is 1.53 bits per heavy atom. The zero-order valence-corrected chi connectivity index (χ0v) is 18.2. The Morgan fingerprint density at radius 3 is 2.20 bits per heavy atom. The molecular weight excluding hydrogens is 392 g/mol. The highest BCUT2D eigenvalue weighted by Crippen LogP contribution is 2.30. The second-order valence-corrected chi connectivity index (χ2v) is 8.08. The van der Waals surface area contributed by atoms with Crippen LogP contribution in [0.3, 0.4) is 0 Å². The molecule has 0 saturated heterocycles. The van der Waals surface area contributed by atoms with Crippen LogP contribution in [-0.2, 0) is 6.54 Å². The van der Waals surface area contributed by atoms with Gasteiger partial charge in [-0.05, 0) is 30.8 Å². The Bertz CT molecular complexity index is 1070. The zero-order valence-electron chi connectivity index (χ0n) is 17.5. The molecule has 3 aromatic rings. The molecule has 5 heteroatoms. The first-order valence-corrected chi connectivity index (χ1v) is 10.3. The van der Waals surface area contributed by atoms with Gasteiger partial charge in [0.2, 0.25) is 0 Å². The lowest BCUT2D eigenvalue weighted by molar-refractivity contribution is 0.282. The van der Waals surface area contributed by atoms with Crippen LogP contribution in [0.4, 0.5) is 5.69 Å². The molecule has 30 heavy (non-hydrogen) atoms. The van der Waals surface area contributed by atoms with Crippen molar-refractivity contribution in [1.29, 1.82) is 0 Å². The number of fused-ring (bicyclic) bond motifs is 1. The van der Waals surface area contributed by atoms with E-state index in [4.69, 9.17) is 21.6 Å². The molecule has 0 N–H and O–H groups in total. The van der Waals surface area contributed by atoms with Crippen LogP contribution >= 0.6 is 11.6 Å². The highest BCUT2D eigenvalue weighted by Gasteiger charge is 2.28. The number of rotatable bonds is 4. The summed E-state index contributed by atoms with van der Waals surface area (Å²) in [6.45, 7) is 0.765. The molecular formula is C25H25ClN4. The van der Waals surface area contributed by atoms with E-state index in [1.54, 1.807) is 0 Å². The molecule has 0 radical (unpaired) electrons. The van der Waals surface area contributed by atoms with Crippen LogP contribution in [0.15, 0.2) is 88.8 Å². The summed E-state index contributed by atoms with van der Waals surface area (Å²) in [5.41, 5.74) is 5.01. The molecule has 0 fully saturated rings. The molecule has 1 unspecified atom stereocenters. The highest BCUT2D eigenvalue weighted by molar-refractivity contribution is 6.31. The van der Waals surface area contributed by atoms with E-state index in [0.717, 1.165) is 34.9 Å². The van der Waals surface area contributed by atoms with Gasteiger partial charge in [0.25, 0.3) is 0 Å². The first kappa shape index (κ1) is 20.3. The lowest BCUT2D eigenvalue weighted by Crippen LogP contribution is -2.43. The van der Waals surface area contributed by atoms with Crippen molar-refractivity contribution in [2.75, 3.05) is 21.1 Å². The highest BCUT2D eigenvalue weighted by atomic mass is 35.5. The van der Waals surface area contributed by atoms with Crippen LogP contribution < -0.4 is 0 Å². The van der Waals surface area contributed by atoms with Gasteiger partial charge in [-0.2, -0.15) is 0 Å². The van der Waals surface area contributed by atoms with Crippen LogP contribution in [0.1, 0.15) is 16.7 Å². The fourth-order valence-corrected chi connectivity index (χ4v) is 3.81. The van der Waals surface area contributed by atoms with Gasteiger partial charge in [0.1, 0.15) is 5.84 Å². The predicted molar refractivity (Wildman–Crippen MR) is 126 cm³/mol. The molecule has 4 nitrogen and oxygen atoms in total. The minimum Gasteiger partial charge on any atom is -0.363 e. The molecule has 1 heterocycles. The average Bonchev–Trinajstić information content (AvgIpc) is 2.92. The third-order valence-electron chi connectivity index (χ3n) is 5.13. The van der Waals surface area contributed by atoms with Crippen LogP contribution in [0, 0.1) is 0 Å². The first-order valence-electron chi connectivity index (χ1n) is 9.96. The smallest absolute Gasteiger partial charge is 0.161 e. The van der Waals surface area contributed by atoms with Crippen molar-refractivity contribution in [1.82, 2.24) is 9.80 Å². The van der Waals surface area contributed by atoms with Gasteiger partial charge in [0.15, 0.2) is 6.17 Å². The SMILES string of the molecule is CN(C)C1=Nc2ccc(Cl)cc2C(c2ccccc2)=NC1N(C)Cc1ccccc1. The zero-order chi connectivity index (χ0) is 21.1. The maximum Gasteiger partial charge on any atom is 0.161 e.